The summed E-state index contributed by atoms with van der Waals surface area (Å²) in [5.41, 5.74) is 6.92. The first-order valence-corrected chi connectivity index (χ1v) is 29.2. The van der Waals surface area contributed by atoms with Crippen LogP contribution in [-0.2, 0) is 25.5 Å². The maximum Gasteiger partial charge on any atom is 0 e. The predicted molar refractivity (Wildman–Crippen MR) is 271 cm³/mol. The Balaban J connectivity index is 0.000000365. The molecule has 10 aromatic rings. The molecule has 1 radical (unpaired) electrons. The first-order valence-electron chi connectivity index (χ1n) is 25.5. The SMILES string of the molecule is [2H]C([2H])([2H])c1cc(-c2cnc3c(c2)sc2c(-c4nc5ccc(F)cc5n4-c4c(-c5ccccc5)cccc4C(C)(C)C)[c-]ccc23)cc(C([2H])([2H])[2H])c1C([2H])([2H])[2H].[CH3][Ge]([CH3])([CH3])[c]1ccc(-c2[c-]cccc2)nc1.[Ir]. The van der Waals surface area contributed by atoms with Gasteiger partial charge in [-0.3, -0.25) is 9.97 Å². The Kier molecular flexibility index (Phi) is 10.1. The normalized spacial score (nSPS) is 14.4. The molecule has 65 heavy (non-hydrogen) atoms. The summed E-state index contributed by atoms with van der Waals surface area (Å²) >= 11 is -0.303. The molecule has 0 fully saturated rings. The van der Waals surface area contributed by atoms with E-state index < -0.39 is 56.3 Å². The number of thiophene rings is 1. The van der Waals surface area contributed by atoms with Crippen molar-refractivity contribution < 1.29 is 36.8 Å². The zero-order valence-corrected chi connectivity index (χ0v) is 42.1. The van der Waals surface area contributed by atoms with Crippen LogP contribution in [0.15, 0.2) is 146 Å². The molecule has 4 aromatic heterocycles. The zero-order chi connectivity index (χ0) is 52.4. The summed E-state index contributed by atoms with van der Waals surface area (Å²) in [5.74, 6) is 7.29. The largest absolute Gasteiger partial charge is 0 e. The van der Waals surface area contributed by atoms with Gasteiger partial charge in [0.2, 0.25) is 0 Å². The van der Waals surface area contributed by atoms with E-state index in [0.29, 0.717) is 38.2 Å². The number of halogens is 1. The van der Waals surface area contributed by atoms with Gasteiger partial charge < -0.3 is 4.57 Å². The molecule has 0 spiro atoms. The van der Waals surface area contributed by atoms with Crippen molar-refractivity contribution in [2.45, 2.75) is 64.0 Å². The Morgan fingerprint density at radius 1 is 0.723 bits per heavy atom. The van der Waals surface area contributed by atoms with E-state index in [1.807, 2.05) is 77.5 Å². The Bertz CT molecular complexity index is 3640. The van der Waals surface area contributed by atoms with E-state index in [1.54, 1.807) is 18.2 Å². The minimum Gasteiger partial charge on any atom is 0 e. The molecule has 0 unspecified atom stereocenters. The van der Waals surface area contributed by atoms with Crippen LogP contribution < -0.4 is 4.40 Å². The fourth-order valence-electron chi connectivity index (χ4n) is 7.98. The quantitative estimate of drug-likeness (QED) is 0.123. The number of hydrogen-bond donors (Lipinski definition) is 0. The van der Waals surface area contributed by atoms with Crippen LogP contribution in [0.1, 0.15) is 55.4 Å². The Morgan fingerprint density at radius 3 is 2.18 bits per heavy atom. The Morgan fingerprint density at radius 2 is 1.51 bits per heavy atom. The van der Waals surface area contributed by atoms with Gasteiger partial charge >= 0.3 is 99.8 Å². The first-order chi connectivity index (χ1) is 34.3. The summed E-state index contributed by atoms with van der Waals surface area (Å²) in [7, 11) is 0. The molecule has 0 atom stereocenters. The topological polar surface area (TPSA) is 43.6 Å². The van der Waals surface area contributed by atoms with Gasteiger partial charge in [0, 0.05) is 54.5 Å². The molecule has 0 saturated carbocycles. The minimum atomic E-state index is -2.98. The number of rotatable bonds is 6. The van der Waals surface area contributed by atoms with Crippen molar-refractivity contribution in [3.8, 4) is 50.6 Å². The fourth-order valence-corrected chi connectivity index (χ4v) is 11.3. The second kappa shape index (κ2) is 18.4. The Hall–Kier alpha value is -5.57. The van der Waals surface area contributed by atoms with Gasteiger partial charge in [-0.2, -0.15) is 11.3 Å². The molecule has 0 aliphatic carbocycles. The monoisotopic (exact) mass is 1120 g/mol. The second-order valence-electron chi connectivity index (χ2n) is 17.9. The van der Waals surface area contributed by atoms with Crippen molar-refractivity contribution in [1.29, 1.82) is 0 Å². The summed E-state index contributed by atoms with van der Waals surface area (Å²) in [5, 5.41) is 0.802. The molecule has 4 heterocycles. The molecule has 4 nitrogen and oxygen atoms in total. The van der Waals surface area contributed by atoms with Crippen LogP contribution in [0.3, 0.4) is 0 Å². The average molecular weight is 1120 g/mol. The number of aromatic nitrogens is 4. The standard InChI is InChI=1S/C43H35FN3S.C14H16GeN.Ir/c1-25-20-29(21-26(2)27(25)3)30-22-38-39(45-24-30)33-15-10-16-34(41(33)48-38)42-46-36-19-18-31(44)23-37(36)47(42)40-32(28-12-8-7-9-13-28)14-11-17-35(40)43(4,5)6;1-15(2,3)13-9-10-14(16-11-13)12-7-5-4-6-8-12;/h7-15,17-24H,1-6H3;4-7,9-11H,1-3H3;/q2*-1;/i1D3,2D3,3D3;;. The van der Waals surface area contributed by atoms with Crippen LogP contribution in [0.5, 0.6) is 0 Å². The van der Waals surface area contributed by atoms with E-state index in [2.05, 4.69) is 79.4 Å². The van der Waals surface area contributed by atoms with E-state index in [9.17, 15) is 0 Å². The van der Waals surface area contributed by atoms with E-state index in [4.69, 9.17) is 22.3 Å². The number of pyridine rings is 2. The maximum atomic E-state index is 15.2. The van der Waals surface area contributed by atoms with Crippen molar-refractivity contribution in [3.63, 3.8) is 0 Å². The fraction of sp³-hybridized carbons (Fsp3) is 0.175. The van der Waals surface area contributed by atoms with E-state index in [-0.39, 0.29) is 31.1 Å². The van der Waals surface area contributed by atoms with Crippen molar-refractivity contribution in [1.82, 2.24) is 19.5 Å². The van der Waals surface area contributed by atoms with Gasteiger partial charge in [-0.15, -0.1) is 18.2 Å². The van der Waals surface area contributed by atoms with Crippen LogP contribution >= 0.6 is 11.3 Å². The molecular weight excluding hydrogens is 1060 g/mol. The van der Waals surface area contributed by atoms with Crippen molar-refractivity contribution >= 4 is 60.3 Å². The minimum absolute atomic E-state index is 0. The summed E-state index contributed by atoms with van der Waals surface area (Å²) < 4.78 is 93.3. The number of nitrogens with zero attached hydrogens (tertiary/aromatic N) is 4. The van der Waals surface area contributed by atoms with Gasteiger partial charge in [0.05, 0.1) is 28.1 Å². The first kappa shape index (κ1) is 35.7. The van der Waals surface area contributed by atoms with Crippen molar-refractivity contribution in [2.24, 2.45) is 0 Å². The van der Waals surface area contributed by atoms with Crippen LogP contribution in [-0.4, -0.2) is 32.8 Å². The number of imidazole rings is 1. The number of aryl methyl sites for hydroxylation is 2. The van der Waals surface area contributed by atoms with E-state index >= 15 is 4.39 Å². The molecule has 10 rings (SSSR count). The van der Waals surface area contributed by atoms with Gasteiger partial charge in [0.25, 0.3) is 0 Å². The molecule has 0 amide bonds. The predicted octanol–water partition coefficient (Wildman–Crippen LogP) is 15.0. The number of fused-ring (bicyclic) bond motifs is 4. The van der Waals surface area contributed by atoms with Gasteiger partial charge in [-0.1, -0.05) is 92.4 Å². The molecule has 6 aromatic carbocycles. The summed E-state index contributed by atoms with van der Waals surface area (Å²) in [6.07, 6.45) is 3.57. The van der Waals surface area contributed by atoms with Crippen molar-refractivity contribution in [2.75, 3.05) is 0 Å². The van der Waals surface area contributed by atoms with E-state index in [0.717, 1.165) is 43.7 Å². The van der Waals surface area contributed by atoms with Crippen LogP contribution in [0, 0.1) is 38.5 Å². The molecule has 327 valence electrons. The van der Waals surface area contributed by atoms with Gasteiger partial charge in [0.15, 0.2) is 0 Å². The van der Waals surface area contributed by atoms with Crippen LogP contribution in [0.4, 0.5) is 4.39 Å². The maximum absolute atomic E-state index is 15.2. The van der Waals surface area contributed by atoms with Crippen LogP contribution in [0.25, 0.3) is 81.9 Å². The molecule has 0 N–H and O–H groups in total. The second-order valence-corrected chi connectivity index (χ2v) is 29.6. The summed E-state index contributed by atoms with van der Waals surface area (Å²) in [6.45, 7) is -2.37. The smallest absolute Gasteiger partial charge is 0 e. The van der Waals surface area contributed by atoms with Gasteiger partial charge in [-0.25, -0.2) is 4.39 Å². The summed E-state index contributed by atoms with van der Waals surface area (Å²) in [6, 6.07) is 47.7. The zero-order valence-electron chi connectivity index (χ0n) is 45.8. The number of hydrogen-bond acceptors (Lipinski definition) is 4. The van der Waals surface area contributed by atoms with Gasteiger partial charge in [0.1, 0.15) is 5.82 Å². The van der Waals surface area contributed by atoms with Gasteiger partial charge in [-0.05, 0) is 88.3 Å². The summed E-state index contributed by atoms with van der Waals surface area (Å²) in [4.78, 5) is 14.5. The van der Waals surface area contributed by atoms with Crippen molar-refractivity contribution in [3.05, 3.63) is 186 Å². The number of para-hydroxylation sites is 1. The third-order valence-electron chi connectivity index (χ3n) is 11.3. The molecular formula is C57H51FGeIrN4S-2. The number of benzene rings is 6. The third kappa shape index (κ3) is 9.17. The van der Waals surface area contributed by atoms with Crippen LogP contribution in [0.2, 0.25) is 17.3 Å². The molecule has 0 aliphatic heterocycles. The Labute approximate surface area is 415 Å². The third-order valence-corrected chi connectivity index (χ3v) is 16.8. The molecule has 0 bridgehead atoms. The molecule has 8 heteroatoms. The average Bonchev–Trinajstić information content (AvgIpc) is 3.90. The van der Waals surface area contributed by atoms with E-state index in [1.165, 1.54) is 46.2 Å². The molecule has 0 saturated heterocycles. The molecule has 0 aliphatic rings.